The number of aryl methyl sites for hydroxylation is 1. The number of rotatable bonds is 3. The lowest BCUT2D eigenvalue weighted by molar-refractivity contribution is 0.174. The van der Waals surface area contributed by atoms with Crippen LogP contribution >= 0.6 is 27.3 Å². The Morgan fingerprint density at radius 3 is 2.89 bits per heavy atom. The Labute approximate surface area is 126 Å². The molecule has 1 aliphatic rings. The molecule has 0 fully saturated rings. The third-order valence-electron chi connectivity index (χ3n) is 4.13. The quantitative estimate of drug-likeness (QED) is 0.884. The molecule has 2 aromatic rings. The lowest BCUT2D eigenvalue weighted by Crippen LogP contribution is -2.36. The lowest BCUT2D eigenvalue weighted by Gasteiger charge is -2.37. The van der Waals surface area contributed by atoms with Crippen LogP contribution in [0, 0.1) is 0 Å². The van der Waals surface area contributed by atoms with Crippen molar-refractivity contribution in [1.29, 1.82) is 0 Å². The molecule has 1 atom stereocenters. The fourth-order valence-corrected chi connectivity index (χ4v) is 4.79. The van der Waals surface area contributed by atoms with Gasteiger partial charge in [-0.2, -0.15) is 0 Å². The Kier molecular flexibility index (Phi) is 3.79. The summed E-state index contributed by atoms with van der Waals surface area (Å²) in [4.78, 5) is 1.35. The topological polar surface area (TPSA) is 20.2 Å². The van der Waals surface area contributed by atoms with Crippen molar-refractivity contribution in [2.24, 2.45) is 0 Å². The molecule has 1 nitrogen and oxygen atoms in total. The summed E-state index contributed by atoms with van der Waals surface area (Å²) in [7, 11) is 0. The maximum absolute atomic E-state index is 10.0. The second-order valence-electron chi connectivity index (χ2n) is 5.36. The van der Waals surface area contributed by atoms with E-state index in [1.807, 2.05) is 0 Å². The highest BCUT2D eigenvalue weighted by molar-refractivity contribution is 9.10. The maximum atomic E-state index is 10.0. The van der Waals surface area contributed by atoms with E-state index >= 15 is 0 Å². The van der Waals surface area contributed by atoms with Crippen molar-refractivity contribution in [3.05, 3.63) is 56.2 Å². The minimum Gasteiger partial charge on any atom is -0.395 e. The first-order valence-corrected chi connectivity index (χ1v) is 8.33. The molecule has 1 aromatic heterocycles. The molecule has 3 rings (SSSR count). The zero-order valence-corrected chi connectivity index (χ0v) is 13.1. The van der Waals surface area contributed by atoms with Gasteiger partial charge in [-0.25, -0.2) is 0 Å². The van der Waals surface area contributed by atoms with Gasteiger partial charge < -0.3 is 5.11 Å². The second-order valence-corrected chi connectivity index (χ2v) is 7.27. The summed E-state index contributed by atoms with van der Waals surface area (Å²) in [5, 5.41) is 12.2. The van der Waals surface area contributed by atoms with E-state index in [0.717, 1.165) is 23.7 Å². The molecule has 1 aromatic carbocycles. The van der Waals surface area contributed by atoms with Crippen LogP contribution in [0.1, 0.15) is 28.8 Å². The summed E-state index contributed by atoms with van der Waals surface area (Å²) in [6.45, 7) is 0.236. The van der Waals surface area contributed by atoms with Crippen LogP contribution in [0.3, 0.4) is 0 Å². The van der Waals surface area contributed by atoms with Crippen LogP contribution in [-0.2, 0) is 18.3 Å². The average molecular weight is 337 g/mol. The van der Waals surface area contributed by atoms with Gasteiger partial charge in [0.15, 0.2) is 0 Å². The van der Waals surface area contributed by atoms with Crippen LogP contribution in [0.15, 0.2) is 40.2 Å². The fourth-order valence-electron chi connectivity index (χ4n) is 3.19. The number of thiophene rings is 1. The van der Waals surface area contributed by atoms with Gasteiger partial charge in [-0.15, -0.1) is 11.3 Å². The van der Waals surface area contributed by atoms with Crippen LogP contribution < -0.4 is 0 Å². The molecule has 0 bridgehead atoms. The second kappa shape index (κ2) is 5.39. The van der Waals surface area contributed by atoms with Crippen molar-refractivity contribution in [1.82, 2.24) is 0 Å². The molecule has 1 aliphatic carbocycles. The summed E-state index contributed by atoms with van der Waals surface area (Å²) in [6, 6.07) is 10.8. The number of benzene rings is 1. The van der Waals surface area contributed by atoms with E-state index in [4.69, 9.17) is 0 Å². The molecule has 0 aliphatic heterocycles. The van der Waals surface area contributed by atoms with Gasteiger partial charge in [0.25, 0.3) is 0 Å². The predicted molar refractivity (Wildman–Crippen MR) is 83.9 cm³/mol. The van der Waals surface area contributed by atoms with Crippen molar-refractivity contribution < 1.29 is 5.11 Å². The molecular formula is C16H17BrOS. The Hall–Kier alpha value is -0.640. The van der Waals surface area contributed by atoms with Crippen LogP contribution in [-0.4, -0.2) is 11.7 Å². The summed E-state index contributed by atoms with van der Waals surface area (Å²) in [5.74, 6) is 0. The normalized spacial score (nSPS) is 22.2. The monoisotopic (exact) mass is 336 g/mol. The molecule has 1 N–H and O–H groups in total. The summed E-state index contributed by atoms with van der Waals surface area (Å²) in [5.41, 5.74) is 2.69. The van der Waals surface area contributed by atoms with Crippen molar-refractivity contribution in [3.8, 4) is 0 Å². The van der Waals surface area contributed by atoms with Gasteiger partial charge >= 0.3 is 0 Å². The van der Waals surface area contributed by atoms with Gasteiger partial charge in [-0.1, -0.05) is 24.3 Å². The van der Waals surface area contributed by atoms with E-state index in [1.54, 1.807) is 11.3 Å². The molecule has 0 spiro atoms. The van der Waals surface area contributed by atoms with Crippen molar-refractivity contribution in [2.75, 3.05) is 6.61 Å². The minimum atomic E-state index is -0.0842. The van der Waals surface area contributed by atoms with E-state index in [2.05, 4.69) is 51.6 Å². The highest BCUT2D eigenvalue weighted by atomic mass is 79.9. The summed E-state index contributed by atoms with van der Waals surface area (Å²) >= 11 is 5.29. The van der Waals surface area contributed by atoms with Crippen molar-refractivity contribution in [2.45, 2.75) is 31.1 Å². The molecule has 3 heteroatoms. The molecule has 1 heterocycles. The van der Waals surface area contributed by atoms with E-state index < -0.39 is 0 Å². The van der Waals surface area contributed by atoms with Gasteiger partial charge in [0, 0.05) is 20.1 Å². The number of hydrogen-bond acceptors (Lipinski definition) is 2. The smallest absolute Gasteiger partial charge is 0.0531 e. The Bertz CT molecular complexity index is 578. The first kappa shape index (κ1) is 13.3. The van der Waals surface area contributed by atoms with E-state index in [-0.39, 0.29) is 12.0 Å². The van der Waals surface area contributed by atoms with Crippen LogP contribution in [0.5, 0.6) is 0 Å². The molecule has 0 radical (unpaired) electrons. The van der Waals surface area contributed by atoms with Crippen molar-refractivity contribution >= 4 is 27.3 Å². The Balaban J connectivity index is 2.00. The van der Waals surface area contributed by atoms with Crippen LogP contribution in [0.2, 0.25) is 0 Å². The fraction of sp³-hybridized carbons (Fsp3) is 0.375. The highest BCUT2D eigenvalue weighted by Crippen LogP contribution is 2.40. The predicted octanol–water partition coefficient (Wildman–Crippen LogP) is 4.32. The first-order valence-electron chi connectivity index (χ1n) is 6.66. The first-order chi connectivity index (χ1) is 9.23. The number of halogens is 1. The number of aliphatic hydroxyl groups excluding tert-OH is 1. The molecular weight excluding hydrogens is 320 g/mol. The Morgan fingerprint density at radius 2 is 2.16 bits per heavy atom. The molecule has 1 unspecified atom stereocenters. The van der Waals surface area contributed by atoms with Gasteiger partial charge in [0.05, 0.1) is 6.61 Å². The van der Waals surface area contributed by atoms with Gasteiger partial charge in [-0.3, -0.25) is 0 Å². The number of hydrogen-bond donors (Lipinski definition) is 1. The maximum Gasteiger partial charge on any atom is 0.0531 e. The molecule has 19 heavy (non-hydrogen) atoms. The molecule has 0 saturated heterocycles. The molecule has 0 saturated carbocycles. The van der Waals surface area contributed by atoms with Crippen LogP contribution in [0.25, 0.3) is 0 Å². The highest BCUT2D eigenvalue weighted by Gasteiger charge is 2.36. The zero-order valence-electron chi connectivity index (χ0n) is 10.7. The van der Waals surface area contributed by atoms with Gasteiger partial charge in [-0.05, 0) is 58.8 Å². The molecule has 0 amide bonds. The van der Waals surface area contributed by atoms with E-state index in [1.165, 1.54) is 22.4 Å². The molecule has 100 valence electrons. The Morgan fingerprint density at radius 1 is 1.32 bits per heavy atom. The SMILES string of the molecule is OCC1(Cc2cc(Br)cs2)CCCc2ccccc21. The van der Waals surface area contributed by atoms with Crippen LogP contribution in [0.4, 0.5) is 0 Å². The lowest BCUT2D eigenvalue weighted by atomic mass is 9.68. The number of fused-ring (bicyclic) bond motifs is 1. The van der Waals surface area contributed by atoms with Gasteiger partial charge in [0.2, 0.25) is 0 Å². The summed E-state index contributed by atoms with van der Waals surface area (Å²) < 4.78 is 1.14. The zero-order chi connectivity index (χ0) is 13.3. The van der Waals surface area contributed by atoms with E-state index in [0.29, 0.717) is 0 Å². The third-order valence-corrected chi connectivity index (χ3v) is 5.82. The van der Waals surface area contributed by atoms with Gasteiger partial charge in [0.1, 0.15) is 0 Å². The number of aliphatic hydroxyl groups is 1. The summed E-state index contributed by atoms with van der Waals surface area (Å²) in [6.07, 6.45) is 4.34. The minimum absolute atomic E-state index is 0.0842. The third kappa shape index (κ3) is 2.51. The standard InChI is InChI=1S/C16H17BrOS/c17-13-8-14(19-10-13)9-16(11-18)7-3-5-12-4-1-2-6-15(12)16/h1-2,4,6,8,10,18H,3,5,7,9,11H2. The average Bonchev–Trinajstić information content (AvgIpc) is 2.84. The van der Waals surface area contributed by atoms with Crippen molar-refractivity contribution in [3.63, 3.8) is 0 Å². The largest absolute Gasteiger partial charge is 0.395 e. The van der Waals surface area contributed by atoms with E-state index in [9.17, 15) is 5.11 Å².